The van der Waals surface area contributed by atoms with Crippen LogP contribution in [-0.2, 0) is 0 Å². The SMILES string of the molecule is Cc1nsc2ncnc(N(CCCBr)C3CCC3)c12. The van der Waals surface area contributed by atoms with Crippen molar-refractivity contribution in [3.8, 4) is 0 Å². The Labute approximate surface area is 125 Å². The van der Waals surface area contributed by atoms with Crippen molar-refractivity contribution in [3.63, 3.8) is 0 Å². The van der Waals surface area contributed by atoms with Crippen LogP contribution in [0, 0.1) is 6.92 Å². The van der Waals surface area contributed by atoms with E-state index in [0.717, 1.165) is 40.0 Å². The molecule has 0 saturated heterocycles. The molecule has 6 heteroatoms. The zero-order valence-corrected chi connectivity index (χ0v) is 13.4. The summed E-state index contributed by atoms with van der Waals surface area (Å²) in [4.78, 5) is 12.4. The van der Waals surface area contributed by atoms with Gasteiger partial charge in [-0.15, -0.1) is 0 Å². The molecule has 0 spiro atoms. The van der Waals surface area contributed by atoms with Crippen LogP contribution in [0.5, 0.6) is 0 Å². The lowest BCUT2D eigenvalue weighted by molar-refractivity contribution is 0.385. The van der Waals surface area contributed by atoms with Gasteiger partial charge >= 0.3 is 0 Å². The summed E-state index contributed by atoms with van der Waals surface area (Å²) in [7, 11) is 0. The third-order valence-corrected chi connectivity index (χ3v) is 5.15. The molecule has 4 nitrogen and oxygen atoms in total. The average Bonchev–Trinajstić information content (AvgIpc) is 2.74. The topological polar surface area (TPSA) is 41.9 Å². The first kappa shape index (κ1) is 13.2. The summed E-state index contributed by atoms with van der Waals surface area (Å²) in [5.41, 5.74) is 1.05. The Morgan fingerprint density at radius 1 is 1.42 bits per heavy atom. The van der Waals surface area contributed by atoms with Gasteiger partial charge in [-0.25, -0.2) is 9.97 Å². The molecule has 19 heavy (non-hydrogen) atoms. The number of aromatic nitrogens is 3. The van der Waals surface area contributed by atoms with Gasteiger partial charge in [0.1, 0.15) is 17.0 Å². The van der Waals surface area contributed by atoms with Crippen LogP contribution < -0.4 is 4.90 Å². The van der Waals surface area contributed by atoms with Gasteiger partial charge in [-0.1, -0.05) is 15.9 Å². The fourth-order valence-electron chi connectivity index (χ4n) is 2.51. The predicted molar refractivity (Wildman–Crippen MR) is 83.3 cm³/mol. The van der Waals surface area contributed by atoms with Gasteiger partial charge in [-0.3, -0.25) is 0 Å². The van der Waals surface area contributed by atoms with Crippen LogP contribution >= 0.6 is 27.5 Å². The third kappa shape index (κ3) is 2.48. The van der Waals surface area contributed by atoms with Crippen molar-refractivity contribution in [2.45, 2.75) is 38.6 Å². The molecule has 0 atom stereocenters. The van der Waals surface area contributed by atoms with Crippen LogP contribution in [0.15, 0.2) is 6.33 Å². The van der Waals surface area contributed by atoms with E-state index in [1.54, 1.807) is 6.33 Å². The van der Waals surface area contributed by atoms with E-state index in [9.17, 15) is 0 Å². The van der Waals surface area contributed by atoms with Crippen molar-refractivity contribution in [2.75, 3.05) is 16.8 Å². The van der Waals surface area contributed by atoms with E-state index in [1.165, 1.54) is 30.8 Å². The summed E-state index contributed by atoms with van der Waals surface area (Å²) in [6, 6.07) is 0.649. The first-order valence-corrected chi connectivity index (χ1v) is 8.60. The molecule has 0 aromatic carbocycles. The fourth-order valence-corrected chi connectivity index (χ4v) is 3.50. The molecule has 1 fully saturated rings. The molecule has 0 bridgehead atoms. The van der Waals surface area contributed by atoms with Crippen LogP contribution in [0.1, 0.15) is 31.4 Å². The lowest BCUT2D eigenvalue weighted by Crippen LogP contribution is -2.41. The highest BCUT2D eigenvalue weighted by atomic mass is 79.9. The number of rotatable bonds is 5. The molecular weight excluding hydrogens is 324 g/mol. The Kier molecular flexibility index (Phi) is 3.98. The highest BCUT2D eigenvalue weighted by Crippen LogP contribution is 2.34. The summed E-state index contributed by atoms with van der Waals surface area (Å²) in [5, 5.41) is 2.18. The Morgan fingerprint density at radius 2 is 2.26 bits per heavy atom. The van der Waals surface area contributed by atoms with E-state index in [1.807, 2.05) is 0 Å². The number of alkyl halides is 1. The number of aryl methyl sites for hydroxylation is 1. The van der Waals surface area contributed by atoms with Crippen molar-refractivity contribution in [2.24, 2.45) is 0 Å². The quantitative estimate of drug-likeness (QED) is 0.780. The molecule has 0 aliphatic heterocycles. The molecule has 0 unspecified atom stereocenters. The van der Waals surface area contributed by atoms with Gasteiger partial charge in [-0.05, 0) is 44.1 Å². The zero-order valence-electron chi connectivity index (χ0n) is 11.0. The Morgan fingerprint density at radius 3 is 2.95 bits per heavy atom. The standard InChI is InChI=1S/C13H17BrN4S/c1-9-11-12(15-8-16-13(11)19-17-9)18(7-3-6-14)10-4-2-5-10/h8,10H,2-7H2,1H3. The average molecular weight is 341 g/mol. The van der Waals surface area contributed by atoms with E-state index in [-0.39, 0.29) is 0 Å². The van der Waals surface area contributed by atoms with Gasteiger partial charge in [-0.2, -0.15) is 4.37 Å². The minimum absolute atomic E-state index is 0.649. The van der Waals surface area contributed by atoms with Gasteiger partial charge < -0.3 is 4.90 Å². The summed E-state index contributed by atoms with van der Waals surface area (Å²) >= 11 is 5.00. The lowest BCUT2D eigenvalue weighted by Gasteiger charge is -2.38. The number of fused-ring (bicyclic) bond motifs is 1. The monoisotopic (exact) mass is 340 g/mol. The first-order valence-electron chi connectivity index (χ1n) is 6.71. The van der Waals surface area contributed by atoms with Gasteiger partial charge in [0.25, 0.3) is 0 Å². The number of nitrogens with zero attached hydrogens (tertiary/aromatic N) is 4. The highest BCUT2D eigenvalue weighted by molar-refractivity contribution is 9.09. The molecule has 1 aliphatic carbocycles. The van der Waals surface area contributed by atoms with E-state index in [4.69, 9.17) is 0 Å². The van der Waals surface area contributed by atoms with Crippen molar-refractivity contribution >= 4 is 43.5 Å². The van der Waals surface area contributed by atoms with Gasteiger partial charge in [0.2, 0.25) is 0 Å². The van der Waals surface area contributed by atoms with E-state index < -0.39 is 0 Å². The van der Waals surface area contributed by atoms with Gasteiger partial charge in [0, 0.05) is 17.9 Å². The fraction of sp³-hybridized carbons (Fsp3) is 0.615. The molecule has 2 aromatic rings. The van der Waals surface area contributed by atoms with Crippen LogP contribution in [-0.4, -0.2) is 32.3 Å². The van der Waals surface area contributed by atoms with Crippen molar-refractivity contribution in [1.82, 2.24) is 14.3 Å². The summed E-state index contributed by atoms with van der Waals surface area (Å²) < 4.78 is 4.43. The molecule has 0 radical (unpaired) electrons. The lowest BCUT2D eigenvalue weighted by atomic mass is 9.91. The molecule has 0 N–H and O–H groups in total. The molecule has 102 valence electrons. The molecule has 3 rings (SSSR count). The number of halogens is 1. The maximum absolute atomic E-state index is 4.56. The second-order valence-electron chi connectivity index (χ2n) is 4.97. The van der Waals surface area contributed by atoms with Crippen LogP contribution in [0.4, 0.5) is 5.82 Å². The van der Waals surface area contributed by atoms with E-state index >= 15 is 0 Å². The normalized spacial score (nSPS) is 15.7. The minimum atomic E-state index is 0.649. The smallest absolute Gasteiger partial charge is 0.149 e. The minimum Gasteiger partial charge on any atom is -0.353 e. The Bertz CT molecular complexity index is 567. The maximum atomic E-state index is 4.56. The summed E-state index contributed by atoms with van der Waals surface area (Å²) in [6.07, 6.45) is 6.72. The molecule has 2 heterocycles. The maximum Gasteiger partial charge on any atom is 0.149 e. The molecule has 2 aromatic heterocycles. The second kappa shape index (κ2) is 5.71. The van der Waals surface area contributed by atoms with Crippen molar-refractivity contribution < 1.29 is 0 Å². The van der Waals surface area contributed by atoms with Crippen LogP contribution in [0.3, 0.4) is 0 Å². The Balaban J connectivity index is 2.00. The van der Waals surface area contributed by atoms with E-state index in [0.29, 0.717) is 6.04 Å². The number of hydrogen-bond donors (Lipinski definition) is 0. The van der Waals surface area contributed by atoms with Crippen LogP contribution in [0.25, 0.3) is 10.2 Å². The van der Waals surface area contributed by atoms with E-state index in [2.05, 4.69) is 42.1 Å². The predicted octanol–water partition coefficient (Wildman–Crippen LogP) is 3.54. The second-order valence-corrected chi connectivity index (χ2v) is 6.51. The molecule has 1 saturated carbocycles. The first-order chi connectivity index (χ1) is 9.31. The molecule has 1 aliphatic rings. The van der Waals surface area contributed by atoms with Gasteiger partial charge in [0.05, 0.1) is 11.1 Å². The zero-order chi connectivity index (χ0) is 13.2. The number of hydrogen-bond acceptors (Lipinski definition) is 5. The third-order valence-electron chi connectivity index (χ3n) is 3.74. The molecule has 0 amide bonds. The summed E-state index contributed by atoms with van der Waals surface area (Å²) in [5.74, 6) is 1.09. The Hall–Kier alpha value is -0.750. The summed E-state index contributed by atoms with van der Waals surface area (Å²) in [6.45, 7) is 3.10. The number of anilines is 1. The largest absolute Gasteiger partial charge is 0.353 e. The van der Waals surface area contributed by atoms with Crippen LogP contribution in [0.2, 0.25) is 0 Å². The molecular formula is C13H17BrN4S. The highest BCUT2D eigenvalue weighted by Gasteiger charge is 2.27. The van der Waals surface area contributed by atoms with Crippen molar-refractivity contribution in [3.05, 3.63) is 12.0 Å². The van der Waals surface area contributed by atoms with Gasteiger partial charge in [0.15, 0.2) is 0 Å². The van der Waals surface area contributed by atoms with Crippen molar-refractivity contribution in [1.29, 1.82) is 0 Å².